The van der Waals surface area contributed by atoms with E-state index in [1.165, 1.54) is 6.20 Å². The second-order valence-corrected chi connectivity index (χ2v) is 7.02. The minimum atomic E-state index is -0.589. The molecular weight excluding hydrogens is 334 g/mol. The van der Waals surface area contributed by atoms with Crippen molar-refractivity contribution in [3.63, 3.8) is 0 Å². The number of carbonyl (C=O) groups is 1. The maximum absolute atomic E-state index is 12.8. The summed E-state index contributed by atoms with van der Waals surface area (Å²) in [6.07, 6.45) is 8.12. The van der Waals surface area contributed by atoms with Gasteiger partial charge >= 0.3 is 0 Å². The van der Waals surface area contributed by atoms with Crippen LogP contribution in [-0.2, 0) is 4.74 Å². The first-order valence-electron chi connectivity index (χ1n) is 9.33. The molecule has 0 unspecified atom stereocenters. The summed E-state index contributed by atoms with van der Waals surface area (Å²) in [7, 11) is 0. The summed E-state index contributed by atoms with van der Waals surface area (Å²) in [5, 5.41) is 18.2. The van der Waals surface area contributed by atoms with Crippen LogP contribution >= 0.6 is 0 Å². The molecule has 4 rings (SSSR count). The van der Waals surface area contributed by atoms with Gasteiger partial charge in [0.05, 0.1) is 31.6 Å². The van der Waals surface area contributed by atoms with Crippen molar-refractivity contribution < 1.29 is 14.6 Å². The van der Waals surface area contributed by atoms with Gasteiger partial charge in [-0.1, -0.05) is 12.8 Å². The third-order valence-electron chi connectivity index (χ3n) is 5.43. The molecule has 8 heteroatoms. The number of amides is 1. The van der Waals surface area contributed by atoms with Crippen LogP contribution in [0, 0.1) is 0 Å². The number of ether oxygens (including phenoxy) is 1. The number of aliphatic hydroxyl groups is 1. The average molecular weight is 359 g/mol. The summed E-state index contributed by atoms with van der Waals surface area (Å²) >= 11 is 0. The van der Waals surface area contributed by atoms with Crippen LogP contribution in [0.4, 0.5) is 0 Å². The largest absolute Gasteiger partial charge is 0.389 e. The molecule has 2 aromatic rings. The van der Waals surface area contributed by atoms with Crippen LogP contribution in [0.15, 0.2) is 24.7 Å². The molecule has 140 valence electrons. The third-order valence-corrected chi connectivity index (χ3v) is 5.43. The number of carbonyl (C=O) groups excluding carboxylic acids is 1. The van der Waals surface area contributed by atoms with E-state index < -0.39 is 6.10 Å². The standard InChI is InChI=1S/C18H25N5O3/c24-16-14(4-1-2-5-15(16)22-8-10-26-11-9-22)21-18(25)13-12-20-23-7-3-6-19-17(13)23/h3,6-7,12,14-16,24H,1-2,4-5,8-11H2,(H,21,25)/t14-,15-,16-/m1/s1. The molecule has 2 aliphatic rings. The molecule has 1 amide bonds. The molecule has 0 spiro atoms. The van der Waals surface area contributed by atoms with Crippen LogP contribution < -0.4 is 5.32 Å². The van der Waals surface area contributed by atoms with Crippen LogP contribution in [0.5, 0.6) is 0 Å². The van der Waals surface area contributed by atoms with Crippen molar-refractivity contribution in [1.82, 2.24) is 24.8 Å². The van der Waals surface area contributed by atoms with Crippen LogP contribution in [0.2, 0.25) is 0 Å². The van der Waals surface area contributed by atoms with Crippen LogP contribution in [0.3, 0.4) is 0 Å². The number of hydrogen-bond donors (Lipinski definition) is 2. The summed E-state index contributed by atoms with van der Waals surface area (Å²) in [6, 6.07) is 1.56. The van der Waals surface area contributed by atoms with E-state index in [9.17, 15) is 9.90 Å². The molecule has 3 heterocycles. The number of nitrogens with one attached hydrogen (secondary N) is 1. The maximum atomic E-state index is 12.8. The Labute approximate surface area is 152 Å². The van der Waals surface area contributed by atoms with Gasteiger partial charge in [-0.05, 0) is 18.9 Å². The van der Waals surface area contributed by atoms with E-state index in [4.69, 9.17) is 4.74 Å². The van der Waals surface area contributed by atoms with Gasteiger partial charge in [-0.15, -0.1) is 0 Å². The Balaban J connectivity index is 1.49. The molecule has 2 fully saturated rings. The fraction of sp³-hybridized carbons (Fsp3) is 0.611. The van der Waals surface area contributed by atoms with Gasteiger partial charge in [0.25, 0.3) is 5.91 Å². The van der Waals surface area contributed by atoms with Gasteiger partial charge in [-0.25, -0.2) is 9.50 Å². The van der Waals surface area contributed by atoms with E-state index in [2.05, 4.69) is 20.3 Å². The lowest BCUT2D eigenvalue weighted by Crippen LogP contribution is -2.55. The van der Waals surface area contributed by atoms with E-state index >= 15 is 0 Å². The topological polar surface area (TPSA) is 92.0 Å². The minimum Gasteiger partial charge on any atom is -0.389 e. The van der Waals surface area contributed by atoms with E-state index in [1.807, 2.05) is 0 Å². The third kappa shape index (κ3) is 3.44. The molecule has 1 aliphatic carbocycles. The van der Waals surface area contributed by atoms with Gasteiger partial charge in [-0.3, -0.25) is 9.69 Å². The van der Waals surface area contributed by atoms with Gasteiger partial charge in [0.15, 0.2) is 5.65 Å². The first-order valence-corrected chi connectivity index (χ1v) is 9.33. The Morgan fingerprint density at radius 3 is 2.92 bits per heavy atom. The molecule has 0 radical (unpaired) electrons. The minimum absolute atomic E-state index is 0.0636. The number of nitrogens with zero attached hydrogens (tertiary/aromatic N) is 4. The van der Waals surface area contributed by atoms with Crippen molar-refractivity contribution in [2.45, 2.75) is 43.9 Å². The second kappa shape index (κ2) is 7.69. The highest BCUT2D eigenvalue weighted by atomic mass is 16.5. The normalized spacial score (nSPS) is 28.0. The molecule has 1 saturated heterocycles. The molecule has 8 nitrogen and oxygen atoms in total. The summed E-state index contributed by atoms with van der Waals surface area (Å²) in [5.74, 6) is -0.231. The first-order chi connectivity index (χ1) is 12.7. The van der Waals surface area contributed by atoms with Crippen molar-refractivity contribution in [3.8, 4) is 0 Å². The lowest BCUT2D eigenvalue weighted by molar-refractivity contribution is -0.0308. The molecule has 26 heavy (non-hydrogen) atoms. The predicted molar refractivity (Wildman–Crippen MR) is 94.9 cm³/mol. The van der Waals surface area contributed by atoms with E-state index in [-0.39, 0.29) is 18.0 Å². The van der Waals surface area contributed by atoms with Crippen molar-refractivity contribution in [3.05, 3.63) is 30.2 Å². The van der Waals surface area contributed by atoms with Crippen LogP contribution in [0.25, 0.3) is 5.65 Å². The highest BCUT2D eigenvalue weighted by Crippen LogP contribution is 2.24. The smallest absolute Gasteiger partial charge is 0.257 e. The number of aliphatic hydroxyl groups excluding tert-OH is 1. The fourth-order valence-electron chi connectivity index (χ4n) is 4.03. The Kier molecular flexibility index (Phi) is 5.14. The number of morpholine rings is 1. The van der Waals surface area contributed by atoms with E-state index in [0.717, 1.165) is 38.8 Å². The monoisotopic (exact) mass is 359 g/mol. The SMILES string of the molecule is O=C(N[C@@H]1CCCC[C@@H](N2CCOCC2)[C@@H]1O)c1cnn2cccnc12. The quantitative estimate of drug-likeness (QED) is 0.774. The van der Waals surface area contributed by atoms with Gasteiger partial charge in [0.2, 0.25) is 0 Å². The maximum Gasteiger partial charge on any atom is 0.257 e. The Bertz CT molecular complexity index is 758. The van der Waals surface area contributed by atoms with Crippen molar-refractivity contribution in [2.75, 3.05) is 26.3 Å². The predicted octanol–water partition coefficient (Wildman–Crippen LogP) is 0.463. The molecule has 3 atom stereocenters. The Morgan fingerprint density at radius 2 is 2.08 bits per heavy atom. The number of fused-ring (bicyclic) bond motifs is 1. The fourth-order valence-corrected chi connectivity index (χ4v) is 4.03. The van der Waals surface area contributed by atoms with Gasteiger partial charge < -0.3 is 15.2 Å². The summed E-state index contributed by atoms with van der Waals surface area (Å²) in [5.41, 5.74) is 0.961. The lowest BCUT2D eigenvalue weighted by Gasteiger charge is -2.38. The Hall–Kier alpha value is -2.03. The summed E-state index contributed by atoms with van der Waals surface area (Å²) < 4.78 is 7.01. The molecule has 0 bridgehead atoms. The highest BCUT2D eigenvalue weighted by Gasteiger charge is 2.35. The zero-order valence-corrected chi connectivity index (χ0v) is 14.8. The molecular formula is C18H25N5O3. The van der Waals surface area contributed by atoms with Crippen molar-refractivity contribution in [1.29, 1.82) is 0 Å². The van der Waals surface area contributed by atoms with Crippen LogP contribution in [-0.4, -0.2) is 75.0 Å². The number of hydrogen-bond acceptors (Lipinski definition) is 6. The molecule has 1 saturated carbocycles. The number of rotatable bonds is 3. The highest BCUT2D eigenvalue weighted by molar-refractivity contribution is 5.99. The lowest BCUT2D eigenvalue weighted by atomic mass is 9.99. The van der Waals surface area contributed by atoms with Gasteiger partial charge in [0.1, 0.15) is 5.56 Å². The van der Waals surface area contributed by atoms with Gasteiger partial charge in [-0.2, -0.15) is 5.10 Å². The zero-order valence-electron chi connectivity index (χ0n) is 14.8. The second-order valence-electron chi connectivity index (χ2n) is 7.02. The van der Waals surface area contributed by atoms with Crippen molar-refractivity contribution >= 4 is 11.6 Å². The molecule has 2 N–H and O–H groups in total. The summed E-state index contributed by atoms with van der Waals surface area (Å²) in [6.45, 7) is 3.07. The van der Waals surface area contributed by atoms with E-state index in [1.54, 1.807) is 23.0 Å². The molecule has 1 aliphatic heterocycles. The molecule has 0 aromatic carbocycles. The summed E-state index contributed by atoms with van der Waals surface area (Å²) in [4.78, 5) is 19.3. The first kappa shape index (κ1) is 17.4. The van der Waals surface area contributed by atoms with Crippen molar-refractivity contribution in [2.24, 2.45) is 0 Å². The number of aromatic nitrogens is 3. The average Bonchev–Trinajstić information content (AvgIpc) is 3.03. The molecule has 2 aromatic heterocycles. The van der Waals surface area contributed by atoms with E-state index in [0.29, 0.717) is 24.4 Å². The Morgan fingerprint density at radius 1 is 1.27 bits per heavy atom. The van der Waals surface area contributed by atoms with Crippen LogP contribution in [0.1, 0.15) is 36.0 Å². The van der Waals surface area contributed by atoms with Gasteiger partial charge in [0, 0.05) is 31.5 Å². The zero-order chi connectivity index (χ0) is 17.9.